The van der Waals surface area contributed by atoms with E-state index in [0.29, 0.717) is 0 Å². The molecule has 3 aromatic rings. The summed E-state index contributed by atoms with van der Waals surface area (Å²) >= 11 is 0. The van der Waals surface area contributed by atoms with E-state index < -0.39 is 0 Å². The summed E-state index contributed by atoms with van der Waals surface area (Å²) in [5.41, 5.74) is 5.38. The Balaban J connectivity index is 1.37. The van der Waals surface area contributed by atoms with E-state index in [1.54, 1.807) is 6.20 Å². The van der Waals surface area contributed by atoms with Crippen LogP contribution in [0.15, 0.2) is 42.7 Å². The van der Waals surface area contributed by atoms with E-state index in [9.17, 15) is 4.79 Å². The topological polar surface area (TPSA) is 77.7 Å². The van der Waals surface area contributed by atoms with Crippen LogP contribution in [0.4, 0.5) is 0 Å². The average molecular weight is 347 g/mol. The van der Waals surface area contributed by atoms with Gasteiger partial charge in [-0.25, -0.2) is 0 Å². The molecular weight excluding hydrogens is 326 g/mol. The van der Waals surface area contributed by atoms with E-state index in [0.717, 1.165) is 55.6 Å². The first-order chi connectivity index (χ1) is 12.8. The number of nitrogens with one attached hydrogen (secondary N) is 2. The highest BCUT2D eigenvalue weighted by molar-refractivity contribution is 5.94. The summed E-state index contributed by atoms with van der Waals surface area (Å²) in [6, 6.07) is 9.70. The SMILES string of the molecule is O=C(c1ccc(-c2ccn[nH]2)cc1)N1CCCC2(CCc3cn[nH]c32)C1. The summed E-state index contributed by atoms with van der Waals surface area (Å²) in [6.07, 6.45) is 8.01. The predicted molar refractivity (Wildman–Crippen MR) is 97.7 cm³/mol. The molecule has 1 unspecified atom stereocenters. The molecule has 1 fully saturated rings. The molecule has 0 radical (unpaired) electrons. The van der Waals surface area contributed by atoms with Gasteiger partial charge < -0.3 is 4.90 Å². The van der Waals surface area contributed by atoms with Crippen molar-refractivity contribution in [1.29, 1.82) is 0 Å². The lowest BCUT2D eigenvalue weighted by Crippen LogP contribution is -2.47. The predicted octanol–water partition coefficient (Wildman–Crippen LogP) is 2.92. The van der Waals surface area contributed by atoms with Crippen LogP contribution in [-0.4, -0.2) is 44.3 Å². The van der Waals surface area contributed by atoms with Gasteiger partial charge in [-0.15, -0.1) is 0 Å². The third kappa shape index (κ3) is 2.36. The molecule has 1 spiro atoms. The van der Waals surface area contributed by atoms with Crippen LogP contribution in [0, 0.1) is 0 Å². The number of aromatic amines is 2. The Morgan fingerprint density at radius 2 is 1.96 bits per heavy atom. The summed E-state index contributed by atoms with van der Waals surface area (Å²) in [4.78, 5) is 15.1. The molecule has 2 aliphatic rings. The summed E-state index contributed by atoms with van der Waals surface area (Å²) in [7, 11) is 0. The van der Waals surface area contributed by atoms with Crippen molar-refractivity contribution in [2.75, 3.05) is 13.1 Å². The van der Waals surface area contributed by atoms with Gasteiger partial charge >= 0.3 is 0 Å². The van der Waals surface area contributed by atoms with Gasteiger partial charge in [0, 0.05) is 36.0 Å². The van der Waals surface area contributed by atoms with Gasteiger partial charge in [0.25, 0.3) is 5.91 Å². The normalized spacial score (nSPS) is 21.9. The van der Waals surface area contributed by atoms with Gasteiger partial charge in [-0.2, -0.15) is 10.2 Å². The highest BCUT2D eigenvalue weighted by atomic mass is 16.2. The van der Waals surface area contributed by atoms with E-state index in [4.69, 9.17) is 0 Å². The smallest absolute Gasteiger partial charge is 0.253 e. The Hall–Kier alpha value is -2.89. The minimum Gasteiger partial charge on any atom is -0.338 e. The zero-order valence-corrected chi connectivity index (χ0v) is 14.5. The van der Waals surface area contributed by atoms with Crippen LogP contribution < -0.4 is 0 Å². The van der Waals surface area contributed by atoms with E-state index in [1.165, 1.54) is 11.3 Å². The van der Waals surface area contributed by atoms with Gasteiger partial charge in [-0.1, -0.05) is 12.1 Å². The minimum absolute atomic E-state index is 0.0651. The molecule has 2 aromatic heterocycles. The van der Waals surface area contributed by atoms with Crippen molar-refractivity contribution in [3.8, 4) is 11.3 Å². The number of fused-ring (bicyclic) bond motifs is 2. The maximum atomic E-state index is 13.1. The van der Waals surface area contributed by atoms with Crippen LogP contribution in [0.2, 0.25) is 0 Å². The highest BCUT2D eigenvalue weighted by Gasteiger charge is 2.44. The number of nitrogens with zero attached hydrogens (tertiary/aromatic N) is 3. The first kappa shape index (κ1) is 15.4. The van der Waals surface area contributed by atoms with Crippen molar-refractivity contribution in [3.63, 3.8) is 0 Å². The van der Waals surface area contributed by atoms with E-state index in [1.807, 2.05) is 41.4 Å². The average Bonchev–Trinajstić information content (AvgIpc) is 3.42. The molecule has 1 atom stereocenters. The maximum Gasteiger partial charge on any atom is 0.253 e. The van der Waals surface area contributed by atoms with Crippen LogP contribution in [0.5, 0.6) is 0 Å². The number of piperidine rings is 1. The van der Waals surface area contributed by atoms with Gasteiger partial charge in [0.15, 0.2) is 0 Å². The number of aryl methyl sites for hydroxylation is 1. The quantitative estimate of drug-likeness (QED) is 0.748. The molecule has 132 valence electrons. The number of likely N-dealkylation sites (tertiary alicyclic amines) is 1. The molecule has 1 aliphatic carbocycles. The second kappa shape index (κ2) is 5.83. The summed E-state index contributed by atoms with van der Waals surface area (Å²) in [5, 5.41) is 14.3. The number of benzene rings is 1. The van der Waals surface area contributed by atoms with Crippen LogP contribution in [0.1, 0.15) is 40.9 Å². The third-order valence-electron chi connectivity index (χ3n) is 5.93. The van der Waals surface area contributed by atoms with Crippen molar-refractivity contribution in [1.82, 2.24) is 25.3 Å². The number of hydrogen-bond acceptors (Lipinski definition) is 3. The highest BCUT2D eigenvalue weighted by Crippen LogP contribution is 2.44. The molecule has 26 heavy (non-hydrogen) atoms. The first-order valence-corrected chi connectivity index (χ1v) is 9.17. The Bertz CT molecular complexity index is 928. The second-order valence-electron chi connectivity index (χ2n) is 7.43. The Kier molecular flexibility index (Phi) is 3.45. The van der Waals surface area contributed by atoms with Crippen LogP contribution in [0.25, 0.3) is 11.3 Å². The summed E-state index contributed by atoms with van der Waals surface area (Å²) < 4.78 is 0. The fourth-order valence-electron chi connectivity index (χ4n) is 4.56. The number of carbonyl (C=O) groups is 1. The van der Waals surface area contributed by atoms with Gasteiger partial charge in [0.1, 0.15) is 0 Å². The molecular formula is C20H21N5O. The van der Waals surface area contributed by atoms with E-state index >= 15 is 0 Å². The lowest BCUT2D eigenvalue weighted by atomic mass is 9.77. The van der Waals surface area contributed by atoms with Gasteiger partial charge in [0.2, 0.25) is 0 Å². The minimum atomic E-state index is 0.0651. The number of hydrogen-bond donors (Lipinski definition) is 2. The fourth-order valence-corrected chi connectivity index (χ4v) is 4.56. The number of carbonyl (C=O) groups excluding carboxylic acids is 1. The van der Waals surface area contributed by atoms with Crippen LogP contribution in [0.3, 0.4) is 0 Å². The Labute approximate surface area is 151 Å². The number of H-pyrrole nitrogens is 2. The zero-order valence-electron chi connectivity index (χ0n) is 14.5. The molecule has 0 bridgehead atoms. The first-order valence-electron chi connectivity index (χ1n) is 9.17. The standard InChI is InChI=1S/C20H21N5O/c26-19(15-4-2-14(3-5-15)17-7-10-21-23-17)25-11-1-8-20(13-25)9-6-16-12-22-24-18(16)20/h2-5,7,10,12H,1,6,8-9,11,13H2,(H,21,23)(H,22,24). The molecule has 0 saturated carbocycles. The van der Waals surface area contributed by atoms with E-state index in [-0.39, 0.29) is 11.3 Å². The Morgan fingerprint density at radius 3 is 2.77 bits per heavy atom. The zero-order chi connectivity index (χ0) is 17.6. The molecule has 1 aliphatic heterocycles. The third-order valence-corrected chi connectivity index (χ3v) is 5.93. The maximum absolute atomic E-state index is 13.1. The molecule has 5 rings (SSSR count). The Morgan fingerprint density at radius 1 is 1.08 bits per heavy atom. The molecule has 3 heterocycles. The molecule has 6 heteroatoms. The number of amides is 1. The van der Waals surface area contributed by atoms with Crippen molar-refractivity contribution in [3.05, 3.63) is 59.5 Å². The summed E-state index contributed by atoms with van der Waals surface area (Å²) in [6.45, 7) is 1.61. The van der Waals surface area contributed by atoms with Gasteiger partial charge in [-0.3, -0.25) is 15.0 Å². The van der Waals surface area contributed by atoms with Crippen LogP contribution >= 0.6 is 0 Å². The largest absolute Gasteiger partial charge is 0.338 e. The van der Waals surface area contributed by atoms with Crippen molar-refractivity contribution >= 4 is 5.91 Å². The van der Waals surface area contributed by atoms with Crippen molar-refractivity contribution < 1.29 is 4.79 Å². The number of aromatic nitrogens is 4. The lowest BCUT2D eigenvalue weighted by Gasteiger charge is -2.40. The molecule has 2 N–H and O–H groups in total. The molecule has 1 saturated heterocycles. The number of rotatable bonds is 2. The van der Waals surface area contributed by atoms with Crippen molar-refractivity contribution in [2.45, 2.75) is 31.1 Å². The fraction of sp³-hybridized carbons (Fsp3) is 0.350. The summed E-state index contributed by atoms with van der Waals surface area (Å²) in [5.74, 6) is 0.119. The van der Waals surface area contributed by atoms with E-state index in [2.05, 4.69) is 20.4 Å². The molecule has 1 aromatic carbocycles. The van der Waals surface area contributed by atoms with Gasteiger partial charge in [0.05, 0.1) is 11.9 Å². The molecule has 6 nitrogen and oxygen atoms in total. The van der Waals surface area contributed by atoms with Crippen LogP contribution in [-0.2, 0) is 11.8 Å². The second-order valence-corrected chi connectivity index (χ2v) is 7.43. The van der Waals surface area contributed by atoms with Crippen molar-refractivity contribution in [2.24, 2.45) is 0 Å². The molecule has 1 amide bonds. The monoisotopic (exact) mass is 347 g/mol. The van der Waals surface area contributed by atoms with Gasteiger partial charge in [-0.05, 0) is 55.0 Å². The lowest BCUT2D eigenvalue weighted by molar-refractivity contribution is 0.0633.